The van der Waals surface area contributed by atoms with Crippen molar-refractivity contribution in [2.75, 3.05) is 12.0 Å². The van der Waals surface area contributed by atoms with E-state index in [2.05, 4.69) is 0 Å². The number of rotatable bonds is 4. The van der Waals surface area contributed by atoms with Crippen molar-refractivity contribution < 1.29 is 21.6 Å². The number of sulfone groups is 2. The van der Waals surface area contributed by atoms with Crippen LogP contribution in [0, 0.1) is 5.41 Å². The van der Waals surface area contributed by atoms with Crippen LogP contribution in [0.3, 0.4) is 0 Å². The van der Waals surface area contributed by atoms with Crippen molar-refractivity contribution in [1.82, 2.24) is 0 Å². The Morgan fingerprint density at radius 2 is 1.35 bits per heavy atom. The number of benzene rings is 1. The summed E-state index contributed by atoms with van der Waals surface area (Å²) >= 11 is 0. The SMILES string of the molecule is CC(C)(C)C(=O)CS(=O)(=O)c1ccc(S(C)(=O)=O)cc1. The first-order valence-electron chi connectivity index (χ1n) is 5.90. The van der Waals surface area contributed by atoms with Crippen molar-refractivity contribution in [3.8, 4) is 0 Å². The molecule has 0 spiro atoms. The van der Waals surface area contributed by atoms with Crippen LogP contribution in [0.1, 0.15) is 20.8 Å². The predicted octanol–water partition coefficient (Wildman–Crippen LogP) is 1.48. The van der Waals surface area contributed by atoms with Crippen LogP contribution >= 0.6 is 0 Å². The Hall–Kier alpha value is -1.21. The zero-order valence-electron chi connectivity index (χ0n) is 11.9. The molecule has 7 heteroatoms. The smallest absolute Gasteiger partial charge is 0.185 e. The molecule has 0 saturated heterocycles. The lowest BCUT2D eigenvalue weighted by molar-refractivity contribution is -0.123. The van der Waals surface area contributed by atoms with Gasteiger partial charge in [0.05, 0.1) is 9.79 Å². The summed E-state index contributed by atoms with van der Waals surface area (Å²) in [5.74, 6) is -0.973. The van der Waals surface area contributed by atoms with Gasteiger partial charge in [0.2, 0.25) is 0 Å². The van der Waals surface area contributed by atoms with Crippen molar-refractivity contribution >= 4 is 25.5 Å². The average Bonchev–Trinajstić information content (AvgIpc) is 2.26. The van der Waals surface area contributed by atoms with Crippen LogP contribution in [0.2, 0.25) is 0 Å². The number of hydrogen-bond acceptors (Lipinski definition) is 5. The summed E-state index contributed by atoms with van der Waals surface area (Å²) in [6.07, 6.45) is 1.04. The Labute approximate surface area is 119 Å². The highest BCUT2D eigenvalue weighted by Crippen LogP contribution is 2.20. The lowest BCUT2D eigenvalue weighted by atomic mass is 9.92. The van der Waals surface area contributed by atoms with E-state index in [-0.39, 0.29) is 15.6 Å². The van der Waals surface area contributed by atoms with Crippen molar-refractivity contribution in [2.45, 2.75) is 30.6 Å². The minimum absolute atomic E-state index is 0.0404. The third kappa shape index (κ3) is 4.14. The second-order valence-electron chi connectivity index (χ2n) is 5.68. The zero-order chi connectivity index (χ0) is 15.8. The molecule has 0 N–H and O–H groups in total. The van der Waals surface area contributed by atoms with Crippen LogP contribution in [0.5, 0.6) is 0 Å². The van der Waals surface area contributed by atoms with Gasteiger partial charge in [0.1, 0.15) is 5.75 Å². The topological polar surface area (TPSA) is 85.3 Å². The molecular weight excluding hydrogens is 300 g/mol. The van der Waals surface area contributed by atoms with Crippen molar-refractivity contribution in [3.05, 3.63) is 24.3 Å². The van der Waals surface area contributed by atoms with E-state index in [1.807, 2.05) is 0 Å². The third-order valence-electron chi connectivity index (χ3n) is 2.77. The molecule has 0 radical (unpaired) electrons. The van der Waals surface area contributed by atoms with Gasteiger partial charge in [-0.1, -0.05) is 20.8 Å². The summed E-state index contributed by atoms with van der Waals surface area (Å²) < 4.78 is 46.8. The summed E-state index contributed by atoms with van der Waals surface area (Å²) in [6, 6.07) is 4.87. The molecule has 112 valence electrons. The Balaban J connectivity index is 3.09. The van der Waals surface area contributed by atoms with E-state index in [9.17, 15) is 21.6 Å². The standard InChI is InChI=1S/C13H18O5S2/c1-13(2,3)12(14)9-20(17,18)11-7-5-10(6-8-11)19(4,15)16/h5-8H,9H2,1-4H3. The lowest BCUT2D eigenvalue weighted by Crippen LogP contribution is -2.28. The summed E-state index contributed by atoms with van der Waals surface area (Å²) in [7, 11) is -7.12. The fourth-order valence-corrected chi connectivity index (χ4v) is 3.49. The molecule has 20 heavy (non-hydrogen) atoms. The largest absolute Gasteiger partial charge is 0.298 e. The molecule has 0 amide bonds. The minimum atomic E-state index is -3.75. The van der Waals surface area contributed by atoms with Gasteiger partial charge in [-0.2, -0.15) is 0 Å². The molecule has 0 unspecified atom stereocenters. The molecule has 1 aromatic rings. The highest BCUT2D eigenvalue weighted by atomic mass is 32.2. The maximum Gasteiger partial charge on any atom is 0.185 e. The van der Waals surface area contributed by atoms with Crippen LogP contribution in [0.15, 0.2) is 34.1 Å². The van der Waals surface area contributed by atoms with Crippen LogP contribution in [0.25, 0.3) is 0 Å². The predicted molar refractivity (Wildman–Crippen MR) is 76.1 cm³/mol. The van der Waals surface area contributed by atoms with E-state index >= 15 is 0 Å². The molecule has 0 aliphatic carbocycles. The van der Waals surface area contributed by atoms with Crippen molar-refractivity contribution in [1.29, 1.82) is 0 Å². The maximum absolute atomic E-state index is 12.1. The van der Waals surface area contributed by atoms with Gasteiger partial charge in [-0.25, -0.2) is 16.8 Å². The van der Waals surface area contributed by atoms with Gasteiger partial charge < -0.3 is 0 Å². The number of ketones is 1. The van der Waals surface area contributed by atoms with Crippen molar-refractivity contribution in [3.63, 3.8) is 0 Å². The van der Waals surface area contributed by atoms with Gasteiger partial charge in [0, 0.05) is 11.7 Å². The summed E-state index contributed by atoms with van der Waals surface area (Å²) in [5.41, 5.74) is -0.736. The number of carbonyl (C=O) groups excluding carboxylic acids is 1. The molecule has 5 nitrogen and oxygen atoms in total. The van der Waals surface area contributed by atoms with Gasteiger partial charge in [-0.05, 0) is 24.3 Å². The lowest BCUT2D eigenvalue weighted by Gasteiger charge is -2.16. The van der Waals surface area contributed by atoms with E-state index in [1.165, 1.54) is 24.3 Å². The Bertz CT molecular complexity index is 705. The van der Waals surface area contributed by atoms with Crippen LogP contribution < -0.4 is 0 Å². The second-order valence-corrected chi connectivity index (χ2v) is 9.68. The third-order valence-corrected chi connectivity index (χ3v) is 5.53. The minimum Gasteiger partial charge on any atom is -0.298 e. The molecule has 0 atom stereocenters. The number of Topliss-reactive ketones (excluding diaryl/α,β-unsaturated/α-hetero) is 1. The van der Waals surface area contributed by atoms with E-state index in [0.29, 0.717) is 0 Å². The molecule has 0 saturated carbocycles. The zero-order valence-corrected chi connectivity index (χ0v) is 13.5. The van der Waals surface area contributed by atoms with Crippen LogP contribution in [0.4, 0.5) is 0 Å². The van der Waals surface area contributed by atoms with E-state index < -0.39 is 30.8 Å². The molecule has 0 aromatic heterocycles. The Morgan fingerprint density at radius 3 is 1.70 bits per heavy atom. The molecule has 1 rings (SSSR count). The number of carbonyl (C=O) groups is 1. The molecule has 0 aliphatic heterocycles. The normalized spacial score (nSPS) is 13.2. The average molecular weight is 318 g/mol. The second kappa shape index (κ2) is 5.29. The van der Waals surface area contributed by atoms with Gasteiger partial charge in [-0.15, -0.1) is 0 Å². The Kier molecular flexibility index (Phi) is 4.46. The van der Waals surface area contributed by atoms with Gasteiger partial charge in [-0.3, -0.25) is 4.79 Å². The van der Waals surface area contributed by atoms with Gasteiger partial charge in [0.25, 0.3) is 0 Å². The highest BCUT2D eigenvalue weighted by molar-refractivity contribution is 7.92. The molecule has 0 aliphatic rings. The van der Waals surface area contributed by atoms with E-state index in [0.717, 1.165) is 6.26 Å². The van der Waals surface area contributed by atoms with Gasteiger partial charge in [0.15, 0.2) is 25.5 Å². The van der Waals surface area contributed by atoms with Crippen LogP contribution in [-0.2, 0) is 24.5 Å². The van der Waals surface area contributed by atoms with E-state index in [4.69, 9.17) is 0 Å². The van der Waals surface area contributed by atoms with E-state index in [1.54, 1.807) is 20.8 Å². The molecule has 1 aromatic carbocycles. The number of hydrogen-bond donors (Lipinski definition) is 0. The molecule has 0 heterocycles. The summed E-state index contributed by atoms with van der Waals surface area (Å²) in [4.78, 5) is 11.8. The summed E-state index contributed by atoms with van der Waals surface area (Å²) in [6.45, 7) is 4.95. The Morgan fingerprint density at radius 1 is 0.950 bits per heavy atom. The molecule has 0 fully saturated rings. The monoisotopic (exact) mass is 318 g/mol. The quantitative estimate of drug-likeness (QED) is 0.839. The first-order chi connectivity index (χ1) is 8.84. The maximum atomic E-state index is 12.1. The fourth-order valence-electron chi connectivity index (χ4n) is 1.37. The van der Waals surface area contributed by atoms with Crippen LogP contribution in [-0.4, -0.2) is 34.6 Å². The first-order valence-corrected chi connectivity index (χ1v) is 9.44. The van der Waals surface area contributed by atoms with Gasteiger partial charge >= 0.3 is 0 Å². The summed E-state index contributed by atoms with van der Waals surface area (Å²) in [5, 5.41) is 0. The first kappa shape index (κ1) is 16.8. The molecule has 0 bridgehead atoms. The fraction of sp³-hybridized carbons (Fsp3) is 0.462. The van der Waals surface area contributed by atoms with Crippen molar-refractivity contribution in [2.24, 2.45) is 5.41 Å². The highest BCUT2D eigenvalue weighted by Gasteiger charge is 2.28. The molecular formula is C13H18O5S2.